The summed E-state index contributed by atoms with van der Waals surface area (Å²) in [7, 11) is 0. The van der Waals surface area contributed by atoms with Crippen molar-refractivity contribution >= 4 is 17.4 Å². The molecular weight excluding hydrogens is 347 g/mol. The molecule has 8 heteroatoms. The quantitative estimate of drug-likeness (QED) is 0.766. The van der Waals surface area contributed by atoms with Crippen LogP contribution in [-0.4, -0.2) is 44.8 Å². The highest BCUT2D eigenvalue weighted by molar-refractivity contribution is 5.94. The molecule has 1 saturated heterocycles. The first-order valence-electron chi connectivity index (χ1n) is 9.21. The van der Waals surface area contributed by atoms with Gasteiger partial charge < -0.3 is 10.2 Å². The molecule has 1 unspecified atom stereocenters. The van der Waals surface area contributed by atoms with E-state index in [1.807, 2.05) is 16.6 Å². The van der Waals surface area contributed by atoms with Gasteiger partial charge in [-0.25, -0.2) is 4.39 Å². The fourth-order valence-corrected chi connectivity index (χ4v) is 3.52. The van der Waals surface area contributed by atoms with E-state index in [-0.39, 0.29) is 17.8 Å². The first-order valence-corrected chi connectivity index (χ1v) is 9.21. The summed E-state index contributed by atoms with van der Waals surface area (Å²) in [4.78, 5) is 14.5. The first-order chi connectivity index (χ1) is 13.2. The maximum atomic E-state index is 13.0. The summed E-state index contributed by atoms with van der Waals surface area (Å²) >= 11 is 0. The molecule has 1 atom stereocenters. The number of nitrogens with one attached hydrogen (secondary N) is 1. The largest absolute Gasteiger partial charge is 0.353 e. The molecule has 1 aliphatic heterocycles. The number of hydrogen-bond donors (Lipinski definition) is 1. The Morgan fingerprint density at radius 2 is 1.89 bits per heavy atom. The monoisotopic (exact) mass is 366 g/mol. The van der Waals surface area contributed by atoms with Crippen molar-refractivity contribution in [2.45, 2.75) is 31.2 Å². The van der Waals surface area contributed by atoms with E-state index in [1.165, 1.54) is 24.3 Å². The zero-order valence-corrected chi connectivity index (χ0v) is 14.7. The highest BCUT2D eigenvalue weighted by Crippen LogP contribution is 2.38. The second-order valence-electron chi connectivity index (χ2n) is 7.21. The van der Waals surface area contributed by atoms with Crippen LogP contribution in [0.2, 0.25) is 0 Å². The molecule has 2 aliphatic rings. The molecule has 0 spiro atoms. The minimum Gasteiger partial charge on any atom is -0.353 e. The van der Waals surface area contributed by atoms with E-state index >= 15 is 0 Å². The number of halogens is 1. The maximum Gasteiger partial charge on any atom is 0.251 e. The molecule has 1 saturated carbocycles. The second-order valence-corrected chi connectivity index (χ2v) is 7.21. The van der Waals surface area contributed by atoms with Gasteiger partial charge in [0.15, 0.2) is 11.5 Å². The third-order valence-corrected chi connectivity index (χ3v) is 5.17. The van der Waals surface area contributed by atoms with Gasteiger partial charge in [-0.3, -0.25) is 4.79 Å². The number of carbonyl (C=O) groups excluding carboxylic acids is 1. The Kier molecular flexibility index (Phi) is 3.77. The van der Waals surface area contributed by atoms with E-state index < -0.39 is 0 Å². The van der Waals surface area contributed by atoms with Crippen LogP contribution in [0.3, 0.4) is 0 Å². The van der Waals surface area contributed by atoms with Crippen LogP contribution < -0.4 is 10.2 Å². The van der Waals surface area contributed by atoms with Gasteiger partial charge in [0.05, 0.1) is 0 Å². The van der Waals surface area contributed by atoms with Crippen LogP contribution in [0.25, 0.3) is 5.65 Å². The molecule has 0 bridgehead atoms. The average molecular weight is 366 g/mol. The molecule has 2 aromatic heterocycles. The predicted molar refractivity (Wildman–Crippen MR) is 97.2 cm³/mol. The van der Waals surface area contributed by atoms with Gasteiger partial charge in [0.1, 0.15) is 11.6 Å². The molecule has 1 amide bonds. The summed E-state index contributed by atoms with van der Waals surface area (Å²) in [5.41, 5.74) is 1.23. The minimum atomic E-state index is -0.348. The molecular formula is C19H19FN6O. The SMILES string of the molecule is O=C(NC1CCN(c2ccc3nnc(C4CC4)n3n2)C1)c1ccc(F)cc1. The number of fused-ring (bicyclic) bond motifs is 1. The lowest BCUT2D eigenvalue weighted by atomic mass is 10.2. The molecule has 1 aromatic carbocycles. The van der Waals surface area contributed by atoms with Crippen molar-refractivity contribution in [3.05, 3.63) is 53.6 Å². The van der Waals surface area contributed by atoms with Crippen molar-refractivity contribution < 1.29 is 9.18 Å². The molecule has 138 valence electrons. The Hall–Kier alpha value is -3.03. The molecule has 27 heavy (non-hydrogen) atoms. The third-order valence-electron chi connectivity index (χ3n) is 5.17. The number of carbonyl (C=O) groups is 1. The van der Waals surface area contributed by atoms with Crippen molar-refractivity contribution in [1.82, 2.24) is 25.1 Å². The maximum absolute atomic E-state index is 13.0. The Morgan fingerprint density at radius 1 is 1.07 bits per heavy atom. The van der Waals surface area contributed by atoms with E-state index in [9.17, 15) is 9.18 Å². The lowest BCUT2D eigenvalue weighted by molar-refractivity contribution is 0.0940. The predicted octanol–water partition coefficient (Wildman–Crippen LogP) is 2.15. The Balaban J connectivity index is 1.29. The van der Waals surface area contributed by atoms with Crippen LogP contribution in [0, 0.1) is 5.82 Å². The molecule has 1 N–H and O–H groups in total. The van der Waals surface area contributed by atoms with Gasteiger partial charge in [-0.15, -0.1) is 15.3 Å². The van der Waals surface area contributed by atoms with Crippen LogP contribution in [0.15, 0.2) is 36.4 Å². The second kappa shape index (κ2) is 6.29. The fourth-order valence-electron chi connectivity index (χ4n) is 3.52. The Labute approximate surface area is 155 Å². The highest BCUT2D eigenvalue weighted by atomic mass is 19.1. The highest BCUT2D eigenvalue weighted by Gasteiger charge is 2.30. The summed E-state index contributed by atoms with van der Waals surface area (Å²) < 4.78 is 14.9. The number of nitrogens with zero attached hydrogens (tertiary/aromatic N) is 5. The zero-order valence-electron chi connectivity index (χ0n) is 14.7. The van der Waals surface area contributed by atoms with Gasteiger partial charge in [-0.1, -0.05) is 0 Å². The Bertz CT molecular complexity index is 997. The van der Waals surface area contributed by atoms with Gasteiger partial charge in [0.25, 0.3) is 5.91 Å². The number of anilines is 1. The first kappa shape index (κ1) is 16.2. The molecule has 7 nitrogen and oxygen atoms in total. The lowest BCUT2D eigenvalue weighted by Gasteiger charge is -2.18. The summed E-state index contributed by atoms with van der Waals surface area (Å²) in [6.45, 7) is 1.50. The van der Waals surface area contributed by atoms with Crippen molar-refractivity contribution in [3.63, 3.8) is 0 Å². The molecule has 3 aromatic rings. The van der Waals surface area contributed by atoms with E-state index in [0.717, 1.165) is 43.1 Å². The van der Waals surface area contributed by atoms with E-state index in [4.69, 9.17) is 5.10 Å². The van der Waals surface area contributed by atoms with Gasteiger partial charge >= 0.3 is 0 Å². The lowest BCUT2D eigenvalue weighted by Crippen LogP contribution is -2.37. The third kappa shape index (κ3) is 3.11. The molecule has 3 heterocycles. The smallest absolute Gasteiger partial charge is 0.251 e. The number of hydrogen-bond acceptors (Lipinski definition) is 5. The summed E-state index contributed by atoms with van der Waals surface area (Å²) in [6.07, 6.45) is 3.13. The summed E-state index contributed by atoms with van der Waals surface area (Å²) in [6, 6.07) is 9.51. The van der Waals surface area contributed by atoms with Crippen LogP contribution >= 0.6 is 0 Å². The number of aromatic nitrogens is 4. The summed E-state index contributed by atoms with van der Waals surface area (Å²) in [5.74, 6) is 1.75. The van der Waals surface area contributed by atoms with Gasteiger partial charge in [0, 0.05) is 30.6 Å². The van der Waals surface area contributed by atoms with Gasteiger partial charge in [0.2, 0.25) is 0 Å². The molecule has 2 fully saturated rings. The van der Waals surface area contributed by atoms with Crippen molar-refractivity contribution in [1.29, 1.82) is 0 Å². The van der Waals surface area contributed by atoms with Crippen molar-refractivity contribution in [2.75, 3.05) is 18.0 Å². The minimum absolute atomic E-state index is 0.0314. The van der Waals surface area contributed by atoms with Crippen LogP contribution in [0.5, 0.6) is 0 Å². The Morgan fingerprint density at radius 3 is 2.67 bits per heavy atom. The van der Waals surface area contributed by atoms with E-state index in [1.54, 1.807) is 0 Å². The fraction of sp³-hybridized carbons (Fsp3) is 0.368. The topological polar surface area (TPSA) is 75.4 Å². The summed E-state index contributed by atoms with van der Waals surface area (Å²) in [5, 5.41) is 16.2. The normalized spacial score (nSPS) is 19.6. The number of amides is 1. The average Bonchev–Trinajstić information content (AvgIpc) is 3.26. The van der Waals surface area contributed by atoms with E-state index in [0.29, 0.717) is 18.0 Å². The van der Waals surface area contributed by atoms with Gasteiger partial charge in [-0.05, 0) is 55.7 Å². The number of rotatable bonds is 4. The zero-order chi connectivity index (χ0) is 18.4. The van der Waals surface area contributed by atoms with E-state index in [2.05, 4.69) is 20.4 Å². The molecule has 5 rings (SSSR count). The molecule has 1 aliphatic carbocycles. The van der Waals surface area contributed by atoms with Crippen molar-refractivity contribution in [3.8, 4) is 0 Å². The van der Waals surface area contributed by atoms with Crippen LogP contribution in [0.4, 0.5) is 10.2 Å². The van der Waals surface area contributed by atoms with Gasteiger partial charge in [-0.2, -0.15) is 4.52 Å². The van der Waals surface area contributed by atoms with Crippen LogP contribution in [0.1, 0.15) is 41.4 Å². The van der Waals surface area contributed by atoms with Crippen molar-refractivity contribution in [2.24, 2.45) is 0 Å². The standard InChI is InChI=1S/C19H19FN6O/c20-14-5-3-13(4-6-14)19(27)21-15-9-10-25(11-15)17-8-7-16-22-23-18(12-1-2-12)26(16)24-17/h3-8,12,15H,1-2,9-11H2,(H,21,27). The number of benzene rings is 1. The molecule has 0 radical (unpaired) electrons. The van der Waals surface area contributed by atoms with Crippen LogP contribution in [-0.2, 0) is 0 Å².